The largest absolute Gasteiger partial charge is 0.251 e. The lowest BCUT2D eigenvalue weighted by Gasteiger charge is -2.03. The van der Waals surface area contributed by atoms with Gasteiger partial charge in [-0.15, -0.1) is 0 Å². The number of unbranched alkanes of at least 4 members (excludes halogenated alkanes) is 1. The number of allylic oxidation sites excluding steroid dienone is 11. The highest BCUT2D eigenvalue weighted by Crippen LogP contribution is 2.14. The standard InChI is InChI=1S/C30H50O2/c1-25(2)14-10-17-28(5)20-11-18-26(3)15-8-9-16-27(4)19-12-21-29(6)22-13-23-30(7)24-32-31/h14-16,20-21,23,31H,8-13,17-19,22,24H2,1-7H3/b26-15+,27-16+,28-20+,29-21+,30-23+. The second-order valence-corrected chi connectivity index (χ2v) is 9.54. The molecule has 0 aliphatic rings. The minimum Gasteiger partial charge on any atom is -0.251 e. The fraction of sp³-hybridized carbons (Fsp3) is 0.600. The molecule has 0 atom stereocenters. The molecule has 1 N–H and O–H groups in total. The molecule has 182 valence electrons. The average Bonchev–Trinajstić information content (AvgIpc) is 2.71. The Bertz CT molecular complexity index is 680. The van der Waals surface area contributed by atoms with Crippen molar-refractivity contribution in [3.63, 3.8) is 0 Å². The van der Waals surface area contributed by atoms with Gasteiger partial charge >= 0.3 is 0 Å². The molecular formula is C30H50O2. The molecular weight excluding hydrogens is 392 g/mol. The Kier molecular flexibility index (Phi) is 19.0. The van der Waals surface area contributed by atoms with Crippen molar-refractivity contribution < 1.29 is 10.1 Å². The normalized spacial score (nSPS) is 14.2. The molecule has 0 saturated heterocycles. The quantitative estimate of drug-likeness (QED) is 0.105. The van der Waals surface area contributed by atoms with Crippen molar-refractivity contribution in [1.82, 2.24) is 0 Å². The fourth-order valence-corrected chi connectivity index (χ4v) is 3.46. The van der Waals surface area contributed by atoms with Crippen LogP contribution in [0.3, 0.4) is 0 Å². The van der Waals surface area contributed by atoms with Crippen LogP contribution in [0.2, 0.25) is 0 Å². The maximum atomic E-state index is 8.44. The lowest BCUT2D eigenvalue weighted by atomic mass is 10.0. The van der Waals surface area contributed by atoms with Crippen molar-refractivity contribution in [2.75, 3.05) is 6.61 Å². The number of hydrogen-bond acceptors (Lipinski definition) is 2. The molecule has 0 aromatic rings. The Balaban J connectivity index is 4.07. The van der Waals surface area contributed by atoms with Gasteiger partial charge < -0.3 is 0 Å². The van der Waals surface area contributed by atoms with Gasteiger partial charge in [-0.25, -0.2) is 4.89 Å². The van der Waals surface area contributed by atoms with E-state index >= 15 is 0 Å². The van der Waals surface area contributed by atoms with Gasteiger partial charge in [-0.05, 0) is 118 Å². The van der Waals surface area contributed by atoms with Gasteiger partial charge in [0, 0.05) is 0 Å². The van der Waals surface area contributed by atoms with Gasteiger partial charge in [0.2, 0.25) is 0 Å². The molecule has 2 nitrogen and oxygen atoms in total. The summed E-state index contributed by atoms with van der Waals surface area (Å²) >= 11 is 0. The minimum absolute atomic E-state index is 0.301. The first kappa shape index (κ1) is 30.4. The van der Waals surface area contributed by atoms with Crippen molar-refractivity contribution in [2.45, 2.75) is 113 Å². The summed E-state index contributed by atoms with van der Waals surface area (Å²) in [6.45, 7) is 15.6. The van der Waals surface area contributed by atoms with E-state index in [4.69, 9.17) is 5.26 Å². The van der Waals surface area contributed by atoms with Gasteiger partial charge in [0.1, 0.15) is 6.61 Å². The SMILES string of the molecule is CC(C)=CCC/C(C)=C/CC/C(C)=C/CC/C=C(\C)CC/C=C(\C)CC/C=C(\C)COO. The van der Waals surface area contributed by atoms with Crippen LogP contribution < -0.4 is 0 Å². The Morgan fingerprint density at radius 3 is 1.12 bits per heavy atom. The van der Waals surface area contributed by atoms with Gasteiger partial charge in [0.15, 0.2) is 0 Å². The summed E-state index contributed by atoms with van der Waals surface area (Å²) in [5.74, 6) is 0. The first-order chi connectivity index (χ1) is 15.2. The molecule has 0 spiro atoms. The van der Waals surface area contributed by atoms with Crippen LogP contribution in [0.25, 0.3) is 0 Å². The molecule has 0 amide bonds. The zero-order valence-corrected chi connectivity index (χ0v) is 22.1. The summed E-state index contributed by atoms with van der Waals surface area (Å²) in [6.07, 6.45) is 25.4. The van der Waals surface area contributed by atoms with Crippen molar-refractivity contribution in [3.05, 3.63) is 69.9 Å². The molecule has 0 unspecified atom stereocenters. The lowest BCUT2D eigenvalue weighted by Crippen LogP contribution is -1.90. The van der Waals surface area contributed by atoms with Crippen LogP contribution in [-0.4, -0.2) is 11.9 Å². The molecule has 0 fully saturated rings. The Morgan fingerprint density at radius 2 is 0.781 bits per heavy atom. The predicted molar refractivity (Wildman–Crippen MR) is 143 cm³/mol. The van der Waals surface area contributed by atoms with Gasteiger partial charge in [0.25, 0.3) is 0 Å². The molecule has 32 heavy (non-hydrogen) atoms. The van der Waals surface area contributed by atoms with Gasteiger partial charge in [-0.1, -0.05) is 64.3 Å². The molecule has 0 saturated carbocycles. The molecule has 0 heterocycles. The van der Waals surface area contributed by atoms with Crippen molar-refractivity contribution in [1.29, 1.82) is 0 Å². The fourth-order valence-electron chi connectivity index (χ4n) is 3.46. The van der Waals surface area contributed by atoms with E-state index in [1.807, 2.05) is 6.92 Å². The third-order valence-corrected chi connectivity index (χ3v) is 5.63. The Hall–Kier alpha value is -1.64. The predicted octanol–water partition coefficient (Wildman–Crippen LogP) is 10.1. The van der Waals surface area contributed by atoms with Crippen LogP contribution >= 0.6 is 0 Å². The first-order valence-corrected chi connectivity index (χ1v) is 12.4. The smallest absolute Gasteiger partial charge is 0.103 e. The summed E-state index contributed by atoms with van der Waals surface area (Å²) in [7, 11) is 0. The van der Waals surface area contributed by atoms with Crippen molar-refractivity contribution in [2.24, 2.45) is 0 Å². The third-order valence-electron chi connectivity index (χ3n) is 5.63. The zero-order chi connectivity index (χ0) is 24.2. The summed E-state index contributed by atoms with van der Waals surface area (Å²) in [5.41, 5.74) is 8.44. The monoisotopic (exact) mass is 442 g/mol. The molecule has 0 aliphatic heterocycles. The minimum atomic E-state index is 0.301. The molecule has 0 aromatic heterocycles. The van der Waals surface area contributed by atoms with Gasteiger partial charge in [0.05, 0.1) is 0 Å². The Morgan fingerprint density at radius 1 is 0.469 bits per heavy atom. The molecule has 0 bridgehead atoms. The molecule has 0 aromatic carbocycles. The second-order valence-electron chi connectivity index (χ2n) is 9.54. The van der Waals surface area contributed by atoms with E-state index in [1.54, 1.807) is 0 Å². The highest BCUT2D eigenvalue weighted by molar-refractivity contribution is 5.08. The van der Waals surface area contributed by atoms with Gasteiger partial charge in [-0.2, -0.15) is 0 Å². The van der Waals surface area contributed by atoms with Crippen molar-refractivity contribution >= 4 is 0 Å². The van der Waals surface area contributed by atoms with Crippen LogP contribution in [0.5, 0.6) is 0 Å². The topological polar surface area (TPSA) is 29.5 Å². The lowest BCUT2D eigenvalue weighted by molar-refractivity contribution is -0.234. The van der Waals surface area contributed by atoms with E-state index < -0.39 is 0 Å². The maximum Gasteiger partial charge on any atom is 0.103 e. The summed E-state index contributed by atoms with van der Waals surface area (Å²) in [5, 5.41) is 8.44. The highest BCUT2D eigenvalue weighted by atomic mass is 17.1. The molecule has 0 aliphatic carbocycles. The molecule has 0 rings (SSSR count). The van der Waals surface area contributed by atoms with E-state index in [2.05, 4.69) is 82.9 Å². The zero-order valence-electron chi connectivity index (χ0n) is 22.1. The van der Waals surface area contributed by atoms with E-state index in [1.165, 1.54) is 47.1 Å². The van der Waals surface area contributed by atoms with E-state index in [0.29, 0.717) is 6.61 Å². The number of rotatable bonds is 17. The van der Waals surface area contributed by atoms with E-state index in [-0.39, 0.29) is 0 Å². The summed E-state index contributed by atoms with van der Waals surface area (Å²) < 4.78 is 0. The second kappa shape index (κ2) is 20.0. The maximum absolute atomic E-state index is 8.44. The molecule has 2 heteroatoms. The molecule has 0 radical (unpaired) electrons. The van der Waals surface area contributed by atoms with E-state index in [0.717, 1.165) is 50.5 Å². The summed E-state index contributed by atoms with van der Waals surface area (Å²) in [6, 6.07) is 0. The highest BCUT2D eigenvalue weighted by Gasteiger charge is 1.95. The number of hydrogen-bond donors (Lipinski definition) is 1. The van der Waals surface area contributed by atoms with Crippen LogP contribution in [0.4, 0.5) is 0 Å². The Labute approximate surface area is 199 Å². The van der Waals surface area contributed by atoms with Crippen molar-refractivity contribution in [3.8, 4) is 0 Å². The van der Waals surface area contributed by atoms with Gasteiger partial charge in [-0.3, -0.25) is 5.26 Å². The third kappa shape index (κ3) is 20.3. The van der Waals surface area contributed by atoms with Crippen LogP contribution in [0.15, 0.2) is 69.9 Å². The summed E-state index contributed by atoms with van der Waals surface area (Å²) in [4.78, 5) is 4.15. The first-order valence-electron chi connectivity index (χ1n) is 12.4. The van der Waals surface area contributed by atoms with Crippen LogP contribution in [0.1, 0.15) is 113 Å². The van der Waals surface area contributed by atoms with E-state index in [9.17, 15) is 0 Å². The van der Waals surface area contributed by atoms with Crippen LogP contribution in [0, 0.1) is 0 Å². The van der Waals surface area contributed by atoms with Crippen LogP contribution in [-0.2, 0) is 4.89 Å². The average molecular weight is 443 g/mol.